The topological polar surface area (TPSA) is 73.5 Å². The van der Waals surface area contributed by atoms with Crippen molar-refractivity contribution in [3.05, 3.63) is 23.3 Å². The van der Waals surface area contributed by atoms with Gasteiger partial charge in [-0.05, 0) is 80.9 Å². The van der Waals surface area contributed by atoms with E-state index < -0.39 is 0 Å². The van der Waals surface area contributed by atoms with E-state index in [-0.39, 0.29) is 23.5 Å². The van der Waals surface area contributed by atoms with Crippen molar-refractivity contribution in [1.29, 1.82) is 5.26 Å². The first-order valence-corrected chi connectivity index (χ1v) is 11.2. The molecule has 0 unspecified atom stereocenters. The molecule has 160 valence electrons. The summed E-state index contributed by atoms with van der Waals surface area (Å²) >= 11 is 0. The van der Waals surface area contributed by atoms with Gasteiger partial charge in [0.05, 0.1) is 6.07 Å². The van der Waals surface area contributed by atoms with E-state index in [0.29, 0.717) is 24.0 Å². The van der Waals surface area contributed by atoms with Gasteiger partial charge < -0.3 is 14.9 Å². The first-order chi connectivity index (χ1) is 13.7. The number of benzene rings is 1. The van der Waals surface area contributed by atoms with Gasteiger partial charge in [-0.3, -0.25) is 0 Å². The van der Waals surface area contributed by atoms with E-state index in [0.717, 1.165) is 61.8 Å². The van der Waals surface area contributed by atoms with Crippen molar-refractivity contribution in [2.45, 2.75) is 96.0 Å². The van der Waals surface area contributed by atoms with Crippen molar-refractivity contribution in [1.82, 2.24) is 0 Å². The summed E-state index contributed by atoms with van der Waals surface area (Å²) in [5, 5.41) is 29.4. The predicted octanol–water partition coefficient (Wildman–Crippen LogP) is 5.81. The molecule has 4 heteroatoms. The summed E-state index contributed by atoms with van der Waals surface area (Å²) in [5.41, 5.74) is 1.72. The van der Waals surface area contributed by atoms with Crippen molar-refractivity contribution < 1.29 is 14.9 Å². The van der Waals surface area contributed by atoms with Crippen LogP contribution in [0.25, 0.3) is 0 Å². The number of aliphatic hydroxyl groups excluding tert-OH is 1. The first-order valence-electron chi connectivity index (χ1n) is 11.2. The summed E-state index contributed by atoms with van der Waals surface area (Å²) in [5.74, 6) is 2.08. The smallest absolute Gasteiger partial charge is 0.127 e. The minimum absolute atomic E-state index is 0.0658. The van der Waals surface area contributed by atoms with Crippen LogP contribution in [0.4, 0.5) is 0 Å². The molecule has 0 radical (unpaired) electrons. The summed E-state index contributed by atoms with van der Waals surface area (Å²) in [6.07, 6.45) is 7.68. The number of nitrogens with zero attached hydrogens (tertiary/aromatic N) is 1. The van der Waals surface area contributed by atoms with Gasteiger partial charge in [-0.25, -0.2) is 0 Å². The number of aliphatic hydroxyl groups is 1. The normalized spacial score (nSPS) is 25.4. The zero-order valence-corrected chi connectivity index (χ0v) is 18.5. The number of rotatable bonds is 7. The number of phenolic OH excluding ortho intramolecular Hbond substituents is 1. The number of nitriles is 1. The molecule has 2 N–H and O–H groups in total. The molecule has 0 spiro atoms. The third-order valence-corrected chi connectivity index (χ3v) is 7.35. The molecule has 0 aromatic heterocycles. The largest absolute Gasteiger partial charge is 0.508 e. The Morgan fingerprint density at radius 3 is 2.66 bits per heavy atom. The van der Waals surface area contributed by atoms with E-state index in [1.54, 1.807) is 0 Å². The Bertz CT molecular complexity index is 762. The minimum Gasteiger partial charge on any atom is -0.508 e. The minimum atomic E-state index is -0.273. The van der Waals surface area contributed by atoms with Crippen LogP contribution in [0.5, 0.6) is 11.5 Å². The van der Waals surface area contributed by atoms with Crippen LogP contribution in [0.15, 0.2) is 12.1 Å². The molecule has 3 rings (SSSR count). The van der Waals surface area contributed by atoms with Gasteiger partial charge in [0.15, 0.2) is 0 Å². The third-order valence-electron chi connectivity index (χ3n) is 7.35. The van der Waals surface area contributed by atoms with Crippen molar-refractivity contribution in [3.63, 3.8) is 0 Å². The Morgan fingerprint density at radius 2 is 1.97 bits per heavy atom. The molecule has 0 bridgehead atoms. The summed E-state index contributed by atoms with van der Waals surface area (Å²) in [7, 11) is 0. The van der Waals surface area contributed by atoms with Gasteiger partial charge in [0.1, 0.15) is 17.1 Å². The zero-order valence-electron chi connectivity index (χ0n) is 18.5. The maximum Gasteiger partial charge on any atom is 0.127 e. The monoisotopic (exact) mass is 399 g/mol. The fourth-order valence-electron chi connectivity index (χ4n) is 5.49. The number of aromatic hydroxyl groups is 1. The lowest BCUT2D eigenvalue weighted by Gasteiger charge is -2.49. The average molecular weight is 400 g/mol. The summed E-state index contributed by atoms with van der Waals surface area (Å²) in [6.45, 7) is 8.99. The molecule has 4 nitrogen and oxygen atoms in total. The van der Waals surface area contributed by atoms with Gasteiger partial charge in [0.2, 0.25) is 0 Å². The average Bonchev–Trinajstić information content (AvgIpc) is 2.66. The summed E-state index contributed by atoms with van der Waals surface area (Å²) < 4.78 is 6.47. The van der Waals surface area contributed by atoms with Crippen LogP contribution >= 0.6 is 0 Å². The Balaban J connectivity index is 1.87. The van der Waals surface area contributed by atoms with E-state index in [9.17, 15) is 10.2 Å². The molecule has 1 saturated carbocycles. The van der Waals surface area contributed by atoms with Crippen LogP contribution in [0.1, 0.15) is 96.1 Å². The van der Waals surface area contributed by atoms with E-state index in [4.69, 9.17) is 10.00 Å². The molecule has 1 aromatic carbocycles. The Hall–Kier alpha value is -1.73. The predicted molar refractivity (Wildman–Crippen MR) is 115 cm³/mol. The quantitative estimate of drug-likeness (QED) is 0.568. The van der Waals surface area contributed by atoms with Gasteiger partial charge in [0, 0.05) is 24.5 Å². The second kappa shape index (κ2) is 8.56. The molecule has 0 amide bonds. The third kappa shape index (κ3) is 4.56. The van der Waals surface area contributed by atoms with Crippen LogP contribution in [-0.4, -0.2) is 22.4 Å². The van der Waals surface area contributed by atoms with Crippen molar-refractivity contribution in [3.8, 4) is 17.6 Å². The van der Waals surface area contributed by atoms with Crippen LogP contribution < -0.4 is 4.74 Å². The number of ether oxygens (including phenoxy) is 1. The fraction of sp³-hybridized carbons (Fsp3) is 0.720. The van der Waals surface area contributed by atoms with E-state index in [2.05, 4.69) is 39.8 Å². The number of phenols is 1. The molecule has 1 heterocycles. The number of fused-ring (bicyclic) bond motifs is 3. The molecule has 1 aliphatic carbocycles. The highest BCUT2D eigenvalue weighted by molar-refractivity contribution is 5.53. The molecule has 2 aliphatic rings. The molecule has 1 fully saturated rings. The Labute approximate surface area is 175 Å². The summed E-state index contributed by atoms with van der Waals surface area (Å²) in [4.78, 5) is 0. The maximum absolute atomic E-state index is 11.0. The van der Waals surface area contributed by atoms with Crippen LogP contribution in [0.2, 0.25) is 0 Å². The van der Waals surface area contributed by atoms with Crippen molar-refractivity contribution in [2.75, 3.05) is 6.61 Å². The van der Waals surface area contributed by atoms with E-state index >= 15 is 0 Å². The van der Waals surface area contributed by atoms with Crippen molar-refractivity contribution in [2.24, 2.45) is 11.8 Å². The van der Waals surface area contributed by atoms with Gasteiger partial charge in [0.25, 0.3) is 0 Å². The van der Waals surface area contributed by atoms with Gasteiger partial charge in [-0.2, -0.15) is 5.26 Å². The molecular weight excluding hydrogens is 362 g/mol. The number of hydrogen-bond donors (Lipinski definition) is 2. The Kier molecular flexibility index (Phi) is 6.48. The van der Waals surface area contributed by atoms with Crippen molar-refractivity contribution >= 4 is 0 Å². The Morgan fingerprint density at radius 1 is 1.21 bits per heavy atom. The maximum atomic E-state index is 11.0. The molecule has 1 aromatic rings. The highest BCUT2D eigenvalue weighted by Crippen LogP contribution is 2.56. The highest BCUT2D eigenvalue weighted by atomic mass is 16.5. The number of unbranched alkanes of at least 4 members (excludes halogenated alkanes) is 3. The van der Waals surface area contributed by atoms with Crippen LogP contribution in [0.3, 0.4) is 0 Å². The molecular formula is C25H37NO3. The lowest BCUT2D eigenvalue weighted by Crippen LogP contribution is -2.47. The molecule has 29 heavy (non-hydrogen) atoms. The SMILES string of the molecule is CC(C)(CCCCCC#N)c1cc(O)c2c(c1)OC(C)(C)[C@@H]1CC[C@@H](CO)C[C@@H]21. The van der Waals surface area contributed by atoms with Gasteiger partial charge >= 0.3 is 0 Å². The second-order valence-corrected chi connectivity index (χ2v) is 10.3. The number of hydrogen-bond acceptors (Lipinski definition) is 4. The van der Waals surface area contributed by atoms with Gasteiger partial charge in [-0.1, -0.05) is 26.7 Å². The highest BCUT2D eigenvalue weighted by Gasteiger charge is 2.47. The first kappa shape index (κ1) is 22.0. The van der Waals surface area contributed by atoms with E-state index in [1.165, 1.54) is 0 Å². The lowest BCUT2D eigenvalue weighted by molar-refractivity contribution is -0.0211. The molecule has 3 atom stereocenters. The fourth-order valence-corrected chi connectivity index (χ4v) is 5.49. The van der Waals surface area contributed by atoms with Gasteiger partial charge in [-0.15, -0.1) is 0 Å². The van der Waals surface area contributed by atoms with Crippen LogP contribution in [-0.2, 0) is 5.41 Å². The zero-order chi connectivity index (χ0) is 21.2. The standard InChI is InChI=1S/C25H37NO3/c1-24(2,11-7-5-6-8-12-26)18-14-21(28)23-19-13-17(16-27)9-10-20(19)25(3,4)29-22(23)15-18/h14-15,17,19-20,27-28H,5-11,13,16H2,1-4H3/t17-,19-,20-/m1/s1. The molecule has 0 saturated heterocycles. The second-order valence-electron chi connectivity index (χ2n) is 10.3. The van der Waals surface area contributed by atoms with Crippen LogP contribution in [0, 0.1) is 23.2 Å². The summed E-state index contributed by atoms with van der Waals surface area (Å²) in [6, 6.07) is 6.29. The molecule has 1 aliphatic heterocycles. The van der Waals surface area contributed by atoms with E-state index in [1.807, 2.05) is 6.07 Å². The lowest BCUT2D eigenvalue weighted by atomic mass is 9.63.